The SMILES string of the molecule is CCNC(=O)c1ccc(F)cc1.Clc1ccc(N2CCCCC2c2ccc(Cl)cc2Cl)cc1. The first-order chi connectivity index (χ1) is 15.9. The van der Waals surface area contributed by atoms with E-state index in [1.165, 1.54) is 42.8 Å². The Hall–Kier alpha value is -2.27. The van der Waals surface area contributed by atoms with E-state index in [2.05, 4.69) is 22.3 Å². The third-order valence-corrected chi connectivity index (χ3v) is 6.24. The van der Waals surface area contributed by atoms with E-state index in [1.54, 1.807) is 0 Å². The maximum atomic E-state index is 12.4. The zero-order valence-electron chi connectivity index (χ0n) is 18.3. The summed E-state index contributed by atoms with van der Waals surface area (Å²) < 4.78 is 12.4. The number of rotatable bonds is 4. The summed E-state index contributed by atoms with van der Waals surface area (Å²) in [5.41, 5.74) is 2.82. The van der Waals surface area contributed by atoms with Gasteiger partial charge in [-0.05, 0) is 92.4 Å². The summed E-state index contributed by atoms with van der Waals surface area (Å²) in [6.07, 6.45) is 3.52. The van der Waals surface area contributed by atoms with Gasteiger partial charge in [0.15, 0.2) is 0 Å². The minimum atomic E-state index is -0.331. The fraction of sp³-hybridized carbons (Fsp3) is 0.269. The average molecular weight is 508 g/mol. The molecule has 0 aromatic heterocycles. The van der Waals surface area contributed by atoms with Gasteiger partial charge in [-0.25, -0.2) is 4.39 Å². The molecule has 1 N–H and O–H groups in total. The minimum Gasteiger partial charge on any atom is -0.364 e. The number of benzene rings is 3. The van der Waals surface area contributed by atoms with Crippen molar-refractivity contribution in [3.05, 3.63) is 98.7 Å². The number of halogens is 4. The fourth-order valence-corrected chi connectivity index (χ4v) is 4.49. The number of carbonyl (C=O) groups is 1. The van der Waals surface area contributed by atoms with E-state index >= 15 is 0 Å². The summed E-state index contributed by atoms with van der Waals surface area (Å²) in [5, 5.41) is 4.80. The normalized spacial score (nSPS) is 15.4. The molecule has 1 saturated heterocycles. The van der Waals surface area contributed by atoms with Gasteiger partial charge in [0, 0.05) is 39.4 Å². The Kier molecular flexibility index (Phi) is 9.42. The predicted molar refractivity (Wildman–Crippen MR) is 136 cm³/mol. The van der Waals surface area contributed by atoms with Gasteiger partial charge in [0.05, 0.1) is 6.04 Å². The van der Waals surface area contributed by atoms with E-state index in [-0.39, 0.29) is 11.7 Å². The molecule has 3 nitrogen and oxygen atoms in total. The summed E-state index contributed by atoms with van der Waals surface area (Å²) in [6.45, 7) is 3.45. The van der Waals surface area contributed by atoms with E-state index in [0.717, 1.165) is 28.6 Å². The second kappa shape index (κ2) is 12.3. The van der Waals surface area contributed by atoms with E-state index in [1.807, 2.05) is 37.3 Å². The van der Waals surface area contributed by atoms with E-state index in [4.69, 9.17) is 34.8 Å². The first kappa shape index (κ1) is 25.4. The first-order valence-electron chi connectivity index (χ1n) is 10.9. The molecule has 33 heavy (non-hydrogen) atoms. The lowest BCUT2D eigenvalue weighted by atomic mass is 9.94. The van der Waals surface area contributed by atoms with Crippen molar-refractivity contribution >= 4 is 46.4 Å². The average Bonchev–Trinajstić information content (AvgIpc) is 2.81. The molecule has 1 unspecified atom stereocenters. The van der Waals surface area contributed by atoms with Gasteiger partial charge in [0.2, 0.25) is 0 Å². The number of amides is 1. The van der Waals surface area contributed by atoms with Gasteiger partial charge in [0.25, 0.3) is 5.91 Å². The molecule has 0 saturated carbocycles. The number of carbonyl (C=O) groups excluding carboxylic acids is 1. The van der Waals surface area contributed by atoms with Crippen LogP contribution in [0.25, 0.3) is 0 Å². The van der Waals surface area contributed by atoms with Gasteiger partial charge in [-0.2, -0.15) is 0 Å². The Balaban J connectivity index is 0.000000218. The highest BCUT2D eigenvalue weighted by atomic mass is 35.5. The number of anilines is 1. The molecule has 0 radical (unpaired) electrons. The first-order valence-corrected chi connectivity index (χ1v) is 12.0. The summed E-state index contributed by atoms with van der Waals surface area (Å²) >= 11 is 18.4. The summed E-state index contributed by atoms with van der Waals surface area (Å²) in [4.78, 5) is 13.5. The van der Waals surface area contributed by atoms with Gasteiger partial charge >= 0.3 is 0 Å². The van der Waals surface area contributed by atoms with E-state index in [0.29, 0.717) is 23.2 Å². The zero-order chi connectivity index (χ0) is 23.8. The molecule has 1 fully saturated rings. The summed E-state index contributed by atoms with van der Waals surface area (Å²) in [7, 11) is 0. The fourth-order valence-electron chi connectivity index (χ4n) is 3.83. The van der Waals surface area contributed by atoms with Crippen molar-refractivity contribution in [3.8, 4) is 0 Å². The lowest BCUT2D eigenvalue weighted by Gasteiger charge is -2.38. The van der Waals surface area contributed by atoms with Crippen LogP contribution in [0.15, 0.2) is 66.7 Å². The monoisotopic (exact) mass is 506 g/mol. The van der Waals surface area contributed by atoms with E-state index < -0.39 is 0 Å². The lowest BCUT2D eigenvalue weighted by molar-refractivity contribution is 0.0956. The highest BCUT2D eigenvalue weighted by Crippen LogP contribution is 2.38. The van der Waals surface area contributed by atoms with Gasteiger partial charge in [-0.3, -0.25) is 4.79 Å². The van der Waals surface area contributed by atoms with Crippen LogP contribution in [0.5, 0.6) is 0 Å². The predicted octanol–water partition coefficient (Wildman–Crippen LogP) is 7.95. The molecule has 1 aliphatic rings. The second-order valence-electron chi connectivity index (χ2n) is 7.71. The van der Waals surface area contributed by atoms with Crippen molar-refractivity contribution in [3.63, 3.8) is 0 Å². The van der Waals surface area contributed by atoms with E-state index in [9.17, 15) is 9.18 Å². The van der Waals surface area contributed by atoms with Crippen molar-refractivity contribution in [2.75, 3.05) is 18.0 Å². The van der Waals surface area contributed by atoms with Crippen LogP contribution >= 0.6 is 34.8 Å². The largest absolute Gasteiger partial charge is 0.364 e. The molecule has 1 aliphatic heterocycles. The molecule has 3 aromatic carbocycles. The Morgan fingerprint density at radius 2 is 1.64 bits per heavy atom. The number of hydrogen-bond acceptors (Lipinski definition) is 2. The van der Waals surface area contributed by atoms with Crippen molar-refractivity contribution in [1.82, 2.24) is 5.32 Å². The van der Waals surface area contributed by atoms with Crippen LogP contribution in [0, 0.1) is 5.82 Å². The molecule has 174 valence electrons. The third kappa shape index (κ3) is 7.10. The van der Waals surface area contributed by atoms with Crippen LogP contribution in [0.3, 0.4) is 0 Å². The molecular weight excluding hydrogens is 482 g/mol. The third-order valence-electron chi connectivity index (χ3n) is 5.43. The van der Waals surface area contributed by atoms with Gasteiger partial charge < -0.3 is 10.2 Å². The van der Waals surface area contributed by atoms with Gasteiger partial charge in [-0.15, -0.1) is 0 Å². The quantitative estimate of drug-likeness (QED) is 0.388. The number of piperidine rings is 1. The number of nitrogens with one attached hydrogen (secondary N) is 1. The maximum Gasteiger partial charge on any atom is 0.251 e. The van der Waals surface area contributed by atoms with Gasteiger partial charge in [0.1, 0.15) is 5.82 Å². The Bertz CT molecular complexity index is 1060. The molecule has 1 atom stereocenters. The molecule has 7 heteroatoms. The smallest absolute Gasteiger partial charge is 0.251 e. The van der Waals surface area contributed by atoms with Crippen LogP contribution < -0.4 is 10.2 Å². The zero-order valence-corrected chi connectivity index (χ0v) is 20.6. The molecule has 4 rings (SSSR count). The molecule has 0 aliphatic carbocycles. The lowest BCUT2D eigenvalue weighted by Crippen LogP contribution is -2.33. The summed E-state index contributed by atoms with van der Waals surface area (Å²) in [5.74, 6) is -0.499. The minimum absolute atomic E-state index is 0.169. The Labute approximate surface area is 209 Å². The van der Waals surface area contributed by atoms with Crippen molar-refractivity contribution in [1.29, 1.82) is 0 Å². The van der Waals surface area contributed by atoms with Crippen LogP contribution in [0.1, 0.15) is 48.1 Å². The molecule has 1 heterocycles. The Morgan fingerprint density at radius 3 is 2.27 bits per heavy atom. The van der Waals surface area contributed by atoms with Crippen LogP contribution in [0.2, 0.25) is 15.1 Å². The van der Waals surface area contributed by atoms with Crippen LogP contribution in [0.4, 0.5) is 10.1 Å². The van der Waals surface area contributed by atoms with Crippen LogP contribution in [-0.2, 0) is 0 Å². The number of nitrogens with zero attached hydrogens (tertiary/aromatic N) is 1. The highest BCUT2D eigenvalue weighted by Gasteiger charge is 2.26. The Morgan fingerprint density at radius 1 is 0.970 bits per heavy atom. The molecular formula is C26H26Cl3FN2O. The topological polar surface area (TPSA) is 32.3 Å². The van der Waals surface area contributed by atoms with Crippen LogP contribution in [-0.4, -0.2) is 19.0 Å². The maximum absolute atomic E-state index is 12.4. The standard InChI is InChI=1S/C17H16Cl3N.C9H10FNO/c18-12-4-7-14(8-5-12)21-10-2-1-3-17(21)15-9-6-13(19)11-16(15)20;1-2-11-9(12)7-3-5-8(10)6-4-7/h4-9,11,17H,1-3,10H2;3-6H,2H2,1H3,(H,11,12). The van der Waals surface area contributed by atoms with Crippen molar-refractivity contribution < 1.29 is 9.18 Å². The number of hydrogen-bond donors (Lipinski definition) is 1. The highest BCUT2D eigenvalue weighted by molar-refractivity contribution is 6.35. The molecule has 0 bridgehead atoms. The van der Waals surface area contributed by atoms with Crippen molar-refractivity contribution in [2.24, 2.45) is 0 Å². The summed E-state index contributed by atoms with van der Waals surface area (Å²) in [6, 6.07) is 19.6. The molecule has 3 aromatic rings. The second-order valence-corrected chi connectivity index (χ2v) is 8.99. The van der Waals surface area contributed by atoms with Gasteiger partial charge in [-0.1, -0.05) is 40.9 Å². The molecule has 0 spiro atoms. The van der Waals surface area contributed by atoms with Crippen molar-refractivity contribution in [2.45, 2.75) is 32.2 Å². The molecule has 1 amide bonds.